The Bertz CT molecular complexity index is 3290. The predicted octanol–water partition coefficient (Wildman–Crippen LogP) is 16.2. The number of fused-ring (bicyclic) bond motifs is 14. The van der Waals surface area contributed by atoms with Crippen molar-refractivity contribution in [2.75, 3.05) is 4.90 Å². The number of anilines is 3. The molecule has 10 aromatic rings. The van der Waals surface area contributed by atoms with E-state index in [1.807, 2.05) is 22.7 Å². The van der Waals surface area contributed by atoms with Crippen LogP contribution < -0.4 is 4.90 Å². The first-order valence-electron chi connectivity index (χ1n) is 19.9. The number of nitrogens with zero attached hydrogens (tertiary/aromatic N) is 1. The maximum Gasteiger partial charge on any atom is 0.0465 e. The molecule has 0 fully saturated rings. The molecule has 2 aliphatic rings. The second kappa shape index (κ2) is 11.8. The van der Waals surface area contributed by atoms with Gasteiger partial charge >= 0.3 is 0 Å². The summed E-state index contributed by atoms with van der Waals surface area (Å²) in [5.74, 6) is 0. The first kappa shape index (κ1) is 33.2. The molecule has 0 aliphatic heterocycles. The molecule has 0 spiro atoms. The van der Waals surface area contributed by atoms with Crippen molar-refractivity contribution in [2.24, 2.45) is 0 Å². The van der Waals surface area contributed by atoms with Crippen LogP contribution in [0.2, 0.25) is 0 Å². The second-order valence-electron chi connectivity index (χ2n) is 16.9. The third kappa shape index (κ3) is 4.61. The highest BCUT2D eigenvalue weighted by atomic mass is 32.1. The molecule has 0 N–H and O–H groups in total. The lowest BCUT2D eigenvalue weighted by atomic mass is 9.80. The predicted molar refractivity (Wildman–Crippen MR) is 247 cm³/mol. The molecule has 3 heteroatoms. The largest absolute Gasteiger partial charge is 0.310 e. The van der Waals surface area contributed by atoms with Crippen LogP contribution in [0.15, 0.2) is 164 Å². The Morgan fingerprint density at radius 1 is 0.404 bits per heavy atom. The standard InChI is InChI=1S/C54H39NS2/c1-53(2)43-28-26-40-38-14-8-10-16-46(38)57-52(40)49(43)41-25-23-36(31-45(41)53)55(34-20-18-33(19-21-34)32-12-6-5-7-13-32)35-22-24-37-39-27-29-48-50(42-15-9-11-17-47(42)56-48)51(39)54(3,4)44(37)30-35/h5-31H,1-4H3. The van der Waals surface area contributed by atoms with Crippen molar-refractivity contribution in [3.8, 4) is 33.4 Å². The highest BCUT2D eigenvalue weighted by Crippen LogP contribution is 2.57. The number of thiophene rings is 2. The van der Waals surface area contributed by atoms with E-state index in [0.29, 0.717) is 0 Å². The fourth-order valence-corrected chi connectivity index (χ4v) is 12.6. The summed E-state index contributed by atoms with van der Waals surface area (Å²) in [4.78, 5) is 2.48. The number of hydrogen-bond acceptors (Lipinski definition) is 3. The fourth-order valence-electron chi connectivity index (χ4n) is 10.3. The molecule has 0 radical (unpaired) electrons. The van der Waals surface area contributed by atoms with Gasteiger partial charge in [0.25, 0.3) is 0 Å². The van der Waals surface area contributed by atoms with Gasteiger partial charge in [-0.3, -0.25) is 0 Å². The Hall–Kier alpha value is -6.00. The molecule has 0 unspecified atom stereocenters. The van der Waals surface area contributed by atoms with Gasteiger partial charge in [-0.1, -0.05) is 137 Å². The lowest BCUT2D eigenvalue weighted by Crippen LogP contribution is -2.18. The minimum Gasteiger partial charge on any atom is -0.310 e. The van der Waals surface area contributed by atoms with Gasteiger partial charge in [-0.25, -0.2) is 0 Å². The molecule has 0 saturated heterocycles. The van der Waals surface area contributed by atoms with Gasteiger partial charge < -0.3 is 4.90 Å². The van der Waals surface area contributed by atoms with Gasteiger partial charge in [-0.15, -0.1) is 22.7 Å². The molecule has 0 amide bonds. The first-order valence-corrected chi connectivity index (χ1v) is 21.6. The van der Waals surface area contributed by atoms with E-state index in [2.05, 4.69) is 196 Å². The van der Waals surface area contributed by atoms with E-state index in [1.54, 1.807) is 0 Å². The van der Waals surface area contributed by atoms with Gasteiger partial charge in [0, 0.05) is 73.8 Å². The van der Waals surface area contributed by atoms with E-state index in [-0.39, 0.29) is 10.8 Å². The van der Waals surface area contributed by atoms with E-state index < -0.39 is 0 Å². The summed E-state index contributed by atoms with van der Waals surface area (Å²) in [6.07, 6.45) is 0. The molecule has 0 saturated carbocycles. The molecule has 8 aromatic carbocycles. The molecule has 272 valence electrons. The quantitative estimate of drug-likeness (QED) is 0.172. The molecule has 2 heterocycles. The summed E-state index contributed by atoms with van der Waals surface area (Å²) in [7, 11) is 0. The van der Waals surface area contributed by atoms with Crippen LogP contribution in [0.5, 0.6) is 0 Å². The zero-order chi connectivity index (χ0) is 38.2. The topological polar surface area (TPSA) is 3.24 Å². The van der Waals surface area contributed by atoms with Crippen LogP contribution in [0.25, 0.3) is 73.7 Å². The highest BCUT2D eigenvalue weighted by molar-refractivity contribution is 7.26. The molecule has 57 heavy (non-hydrogen) atoms. The van der Waals surface area contributed by atoms with Crippen LogP contribution in [0.4, 0.5) is 17.1 Å². The molecular formula is C54H39NS2. The van der Waals surface area contributed by atoms with Crippen LogP contribution in [0.3, 0.4) is 0 Å². The summed E-state index contributed by atoms with van der Waals surface area (Å²) < 4.78 is 5.47. The normalized spacial score (nSPS) is 14.6. The van der Waals surface area contributed by atoms with Gasteiger partial charge in [-0.05, 0) is 105 Å². The molecule has 2 aliphatic carbocycles. The average molecular weight is 766 g/mol. The maximum atomic E-state index is 2.48. The number of hydrogen-bond donors (Lipinski definition) is 0. The van der Waals surface area contributed by atoms with Gasteiger partial charge in [0.05, 0.1) is 0 Å². The van der Waals surface area contributed by atoms with Crippen molar-refractivity contribution in [3.63, 3.8) is 0 Å². The SMILES string of the molecule is CC1(C)c2cc(N(c3ccc(-c4ccccc4)cc3)c3ccc4c(c3)C(C)(C)c3c-4ccc4sc5ccccc5c34)ccc2-c2c1ccc1c2sc2ccccc21. The molecular weight excluding hydrogens is 727 g/mol. The van der Waals surface area contributed by atoms with E-state index in [9.17, 15) is 0 Å². The zero-order valence-corrected chi connectivity index (χ0v) is 34.0. The Kier molecular flexibility index (Phi) is 6.85. The molecule has 1 nitrogen and oxygen atoms in total. The van der Waals surface area contributed by atoms with Crippen LogP contribution in [-0.4, -0.2) is 0 Å². The number of benzene rings is 8. The van der Waals surface area contributed by atoms with Crippen molar-refractivity contribution < 1.29 is 0 Å². The van der Waals surface area contributed by atoms with Crippen LogP contribution in [0.1, 0.15) is 49.9 Å². The van der Waals surface area contributed by atoms with E-state index in [0.717, 1.165) is 5.69 Å². The summed E-state index contributed by atoms with van der Waals surface area (Å²) >= 11 is 3.84. The zero-order valence-electron chi connectivity index (χ0n) is 32.4. The van der Waals surface area contributed by atoms with Crippen LogP contribution >= 0.6 is 22.7 Å². The van der Waals surface area contributed by atoms with Crippen molar-refractivity contribution in [2.45, 2.75) is 38.5 Å². The lowest BCUT2D eigenvalue weighted by molar-refractivity contribution is 0.661. The van der Waals surface area contributed by atoms with Crippen molar-refractivity contribution in [1.29, 1.82) is 0 Å². The molecule has 0 bridgehead atoms. The average Bonchev–Trinajstić information content (AvgIpc) is 3.94. The van der Waals surface area contributed by atoms with E-state index >= 15 is 0 Å². The van der Waals surface area contributed by atoms with Crippen molar-refractivity contribution in [1.82, 2.24) is 0 Å². The Balaban J connectivity index is 1.04. The molecule has 0 atom stereocenters. The lowest BCUT2D eigenvalue weighted by Gasteiger charge is -2.30. The smallest absolute Gasteiger partial charge is 0.0465 e. The Labute approximate surface area is 341 Å². The maximum absolute atomic E-state index is 2.48. The summed E-state index contributed by atoms with van der Waals surface area (Å²) in [6, 6.07) is 61.5. The first-order chi connectivity index (χ1) is 27.8. The molecule has 2 aromatic heterocycles. The summed E-state index contributed by atoms with van der Waals surface area (Å²) in [5, 5.41) is 5.49. The monoisotopic (exact) mass is 765 g/mol. The van der Waals surface area contributed by atoms with Crippen molar-refractivity contribution >= 4 is 80.1 Å². The Morgan fingerprint density at radius 3 is 1.75 bits per heavy atom. The summed E-state index contributed by atoms with van der Waals surface area (Å²) in [6.45, 7) is 9.67. The highest BCUT2D eigenvalue weighted by Gasteiger charge is 2.40. The van der Waals surface area contributed by atoms with E-state index in [4.69, 9.17) is 0 Å². The van der Waals surface area contributed by atoms with Crippen molar-refractivity contribution in [3.05, 3.63) is 186 Å². The third-order valence-corrected chi connectivity index (χ3v) is 15.4. The fraction of sp³-hybridized carbons (Fsp3) is 0.111. The number of rotatable bonds is 4. The van der Waals surface area contributed by atoms with Crippen LogP contribution in [0, 0.1) is 0 Å². The van der Waals surface area contributed by atoms with Gasteiger partial charge in [0.15, 0.2) is 0 Å². The summed E-state index contributed by atoms with van der Waals surface area (Å²) in [5.41, 5.74) is 16.7. The van der Waals surface area contributed by atoms with Gasteiger partial charge in [-0.2, -0.15) is 0 Å². The van der Waals surface area contributed by atoms with Gasteiger partial charge in [0.2, 0.25) is 0 Å². The Morgan fingerprint density at radius 2 is 1.00 bits per heavy atom. The van der Waals surface area contributed by atoms with Crippen LogP contribution in [-0.2, 0) is 10.8 Å². The van der Waals surface area contributed by atoms with Gasteiger partial charge in [0.1, 0.15) is 0 Å². The van der Waals surface area contributed by atoms with E-state index in [1.165, 1.54) is 107 Å². The minimum absolute atomic E-state index is 0.149. The molecule has 12 rings (SSSR count). The second-order valence-corrected chi connectivity index (χ2v) is 19.0. The third-order valence-electron chi connectivity index (χ3n) is 13.1. The minimum atomic E-state index is -0.177.